The van der Waals surface area contributed by atoms with Crippen LogP contribution in [0.15, 0.2) is 72.6 Å². The van der Waals surface area contributed by atoms with Crippen molar-refractivity contribution in [1.82, 2.24) is 4.98 Å². The smallest absolute Gasteiger partial charge is 0.338 e. The second-order valence-corrected chi connectivity index (χ2v) is 10.3. The fourth-order valence-corrected chi connectivity index (χ4v) is 4.63. The summed E-state index contributed by atoms with van der Waals surface area (Å²) in [7, 11) is 0. The highest BCUT2D eigenvalue weighted by Gasteiger charge is 2.47. The van der Waals surface area contributed by atoms with E-state index in [9.17, 15) is 19.5 Å². The summed E-state index contributed by atoms with van der Waals surface area (Å²) < 4.78 is 11.0. The summed E-state index contributed by atoms with van der Waals surface area (Å²) in [6.45, 7) is 10.6. The molecule has 0 spiro atoms. The van der Waals surface area contributed by atoms with Crippen molar-refractivity contribution in [2.24, 2.45) is 5.92 Å². The first-order valence-corrected chi connectivity index (χ1v) is 13.4. The van der Waals surface area contributed by atoms with Gasteiger partial charge in [-0.1, -0.05) is 33.8 Å². The molecule has 0 bridgehead atoms. The van der Waals surface area contributed by atoms with E-state index < -0.39 is 23.7 Å². The number of aliphatic hydroxyl groups excluding tert-OH is 1. The minimum atomic E-state index is -0.929. The minimum absolute atomic E-state index is 0.0442. The van der Waals surface area contributed by atoms with Crippen LogP contribution in [0.25, 0.3) is 5.76 Å². The van der Waals surface area contributed by atoms with Crippen LogP contribution in [0.4, 0.5) is 5.69 Å². The number of pyridine rings is 1. The molecule has 0 radical (unpaired) electrons. The fourth-order valence-electron chi connectivity index (χ4n) is 4.63. The van der Waals surface area contributed by atoms with Gasteiger partial charge in [0.05, 0.1) is 30.4 Å². The van der Waals surface area contributed by atoms with Gasteiger partial charge in [0.25, 0.3) is 11.7 Å². The first-order valence-electron chi connectivity index (χ1n) is 13.4. The molecule has 3 aromatic rings. The quantitative estimate of drug-likeness (QED) is 0.152. The molecule has 2 heterocycles. The number of hydrogen-bond donors (Lipinski definition) is 1. The summed E-state index contributed by atoms with van der Waals surface area (Å²) in [4.78, 5) is 44.8. The molecule has 1 N–H and O–H groups in total. The lowest BCUT2D eigenvalue weighted by molar-refractivity contribution is -0.132. The van der Waals surface area contributed by atoms with E-state index in [4.69, 9.17) is 9.47 Å². The second-order valence-electron chi connectivity index (χ2n) is 10.3. The lowest BCUT2D eigenvalue weighted by atomic mass is 9.93. The van der Waals surface area contributed by atoms with Gasteiger partial charge in [-0.3, -0.25) is 19.5 Å². The predicted octanol–water partition coefficient (Wildman–Crippen LogP) is 6.04. The van der Waals surface area contributed by atoms with Crippen LogP contribution in [0.3, 0.4) is 0 Å². The van der Waals surface area contributed by atoms with Gasteiger partial charge in [-0.25, -0.2) is 4.79 Å². The minimum Gasteiger partial charge on any atom is -0.507 e. The molecule has 0 aliphatic carbocycles. The van der Waals surface area contributed by atoms with E-state index in [1.165, 1.54) is 4.90 Å². The SMILES string of the molecule is CCOc1ccc(/C(O)=C2/C(=O)C(=O)N(c3ccc(C(=O)OCC(C)C)cc3)C2c2cccnc2)cc1C(C)C. The molecule has 1 amide bonds. The number of ketones is 1. The van der Waals surface area contributed by atoms with Gasteiger partial charge >= 0.3 is 5.97 Å². The number of rotatable bonds is 9. The van der Waals surface area contributed by atoms with Gasteiger partial charge in [-0.15, -0.1) is 0 Å². The lowest BCUT2D eigenvalue weighted by Crippen LogP contribution is -2.29. The number of ether oxygens (including phenoxy) is 2. The Kier molecular flexibility index (Phi) is 8.67. The molecule has 8 nitrogen and oxygen atoms in total. The van der Waals surface area contributed by atoms with Gasteiger partial charge in [-0.2, -0.15) is 0 Å². The molecule has 208 valence electrons. The van der Waals surface area contributed by atoms with Crippen LogP contribution in [0.2, 0.25) is 0 Å². The summed E-state index contributed by atoms with van der Waals surface area (Å²) in [6, 6.07) is 14.0. The average Bonchev–Trinajstić information content (AvgIpc) is 3.22. The van der Waals surface area contributed by atoms with E-state index in [0.29, 0.717) is 41.3 Å². The summed E-state index contributed by atoms with van der Waals surface area (Å²) in [5.74, 6) is -1.37. The monoisotopic (exact) mass is 542 g/mol. The van der Waals surface area contributed by atoms with Gasteiger partial charge in [0.15, 0.2) is 0 Å². The molecule has 1 aliphatic rings. The summed E-state index contributed by atoms with van der Waals surface area (Å²) in [5, 5.41) is 11.5. The van der Waals surface area contributed by atoms with E-state index in [2.05, 4.69) is 4.98 Å². The van der Waals surface area contributed by atoms with Crippen molar-refractivity contribution in [3.8, 4) is 5.75 Å². The largest absolute Gasteiger partial charge is 0.507 e. The maximum atomic E-state index is 13.5. The van der Waals surface area contributed by atoms with Gasteiger partial charge in [0.2, 0.25) is 0 Å². The molecular weight excluding hydrogens is 508 g/mol. The number of benzene rings is 2. The highest BCUT2D eigenvalue weighted by Crippen LogP contribution is 2.42. The van der Waals surface area contributed by atoms with Crippen LogP contribution in [0.1, 0.15) is 73.6 Å². The zero-order valence-electron chi connectivity index (χ0n) is 23.4. The molecule has 0 saturated carbocycles. The Labute approximate surface area is 234 Å². The van der Waals surface area contributed by atoms with Gasteiger partial charge < -0.3 is 14.6 Å². The molecule has 8 heteroatoms. The number of carbonyl (C=O) groups is 3. The third-order valence-corrected chi connectivity index (χ3v) is 6.58. The molecule has 2 aromatic carbocycles. The van der Waals surface area contributed by atoms with Crippen molar-refractivity contribution in [3.63, 3.8) is 0 Å². The topological polar surface area (TPSA) is 106 Å². The number of hydrogen-bond acceptors (Lipinski definition) is 7. The first-order chi connectivity index (χ1) is 19.1. The Morgan fingerprint density at radius 2 is 1.73 bits per heavy atom. The van der Waals surface area contributed by atoms with Gasteiger partial charge in [0.1, 0.15) is 11.5 Å². The highest BCUT2D eigenvalue weighted by atomic mass is 16.5. The standard InChI is InChI=1S/C32H34N2O6/c1-6-39-26-14-11-22(16-25(26)20(4)5)29(35)27-28(23-8-7-15-33-17-23)34(31(37)30(27)36)24-12-9-21(10-13-24)32(38)40-18-19(2)3/h7-17,19-20,28,35H,6,18H2,1-5H3/b29-27-. The molecule has 1 fully saturated rings. The Morgan fingerprint density at radius 1 is 1.02 bits per heavy atom. The zero-order chi connectivity index (χ0) is 29.0. The summed E-state index contributed by atoms with van der Waals surface area (Å²) >= 11 is 0. The third kappa shape index (κ3) is 5.76. The Bertz CT molecular complexity index is 1430. The molecular formula is C32H34N2O6. The second kappa shape index (κ2) is 12.2. The number of Topliss-reactive ketones (excluding diaryl/α,β-unsaturated/α-hetero) is 1. The van der Waals surface area contributed by atoms with Crippen LogP contribution in [0.5, 0.6) is 5.75 Å². The van der Waals surface area contributed by atoms with E-state index in [1.807, 2.05) is 34.6 Å². The van der Waals surface area contributed by atoms with Gasteiger partial charge in [0, 0.05) is 23.6 Å². The van der Waals surface area contributed by atoms with Crippen molar-refractivity contribution in [1.29, 1.82) is 0 Å². The summed E-state index contributed by atoms with van der Waals surface area (Å²) in [6.07, 6.45) is 3.15. The van der Waals surface area contributed by atoms with E-state index in [-0.39, 0.29) is 23.2 Å². The van der Waals surface area contributed by atoms with Crippen LogP contribution in [0, 0.1) is 5.92 Å². The number of carbonyl (C=O) groups excluding carboxylic acids is 3. The number of esters is 1. The van der Waals surface area contributed by atoms with E-state index in [1.54, 1.807) is 67.0 Å². The van der Waals surface area contributed by atoms with Crippen molar-refractivity contribution >= 4 is 29.1 Å². The maximum absolute atomic E-state index is 13.5. The lowest BCUT2D eigenvalue weighted by Gasteiger charge is -2.25. The predicted molar refractivity (Wildman–Crippen MR) is 152 cm³/mol. The van der Waals surface area contributed by atoms with Crippen molar-refractivity contribution in [2.75, 3.05) is 18.1 Å². The Balaban J connectivity index is 1.80. The molecule has 1 aliphatic heterocycles. The molecule has 4 rings (SSSR count). The fraction of sp³-hybridized carbons (Fsp3) is 0.312. The van der Waals surface area contributed by atoms with Gasteiger partial charge in [-0.05, 0) is 78.4 Å². The number of aromatic nitrogens is 1. The Morgan fingerprint density at radius 3 is 2.33 bits per heavy atom. The van der Waals surface area contributed by atoms with Crippen molar-refractivity contribution in [2.45, 2.75) is 46.6 Å². The van der Waals surface area contributed by atoms with Crippen molar-refractivity contribution < 1.29 is 29.0 Å². The number of anilines is 1. The van der Waals surface area contributed by atoms with E-state index >= 15 is 0 Å². The molecule has 40 heavy (non-hydrogen) atoms. The summed E-state index contributed by atoms with van der Waals surface area (Å²) in [5.41, 5.74) is 2.51. The third-order valence-electron chi connectivity index (χ3n) is 6.58. The normalized spacial score (nSPS) is 16.6. The molecule has 1 aromatic heterocycles. The first kappa shape index (κ1) is 28.5. The van der Waals surface area contributed by atoms with Crippen LogP contribution < -0.4 is 9.64 Å². The van der Waals surface area contributed by atoms with Crippen LogP contribution in [-0.2, 0) is 14.3 Å². The molecule has 1 saturated heterocycles. The zero-order valence-corrected chi connectivity index (χ0v) is 23.4. The molecule has 1 atom stereocenters. The number of amides is 1. The number of nitrogens with zero attached hydrogens (tertiary/aromatic N) is 2. The average molecular weight is 543 g/mol. The number of aliphatic hydroxyl groups is 1. The Hall–Kier alpha value is -4.46. The van der Waals surface area contributed by atoms with Crippen molar-refractivity contribution in [3.05, 3.63) is 94.8 Å². The van der Waals surface area contributed by atoms with Crippen LogP contribution >= 0.6 is 0 Å². The maximum Gasteiger partial charge on any atom is 0.338 e. The van der Waals surface area contributed by atoms with Crippen LogP contribution in [-0.4, -0.2) is 41.0 Å². The highest BCUT2D eigenvalue weighted by molar-refractivity contribution is 6.51. The molecule has 1 unspecified atom stereocenters. The van der Waals surface area contributed by atoms with E-state index in [0.717, 1.165) is 5.56 Å².